The number of carbonyl (C=O) groups excluding carboxylic acids is 1. The molecule has 0 bridgehead atoms. The lowest BCUT2D eigenvalue weighted by Gasteiger charge is -2.46. The lowest BCUT2D eigenvalue weighted by molar-refractivity contribution is -0.0138. The molecule has 7 nitrogen and oxygen atoms in total. The average Bonchev–Trinajstić information content (AvgIpc) is 2.68. The smallest absolute Gasteiger partial charge is 0.410 e. The molecule has 1 amide bonds. The Morgan fingerprint density at radius 2 is 1.78 bits per heavy atom. The standard InChI is InChI=1S/C25H38N2O5/c1-17(2)27(16-18-10-12-26(13-11-18)24(30)32-25(3,4)5)19-14-20(15-19)31-22-9-7-6-8-21(22)23(28)29/h6-9,17-20H,10-16H2,1-5H3,(H,28,29). The third-order valence-electron chi connectivity index (χ3n) is 6.35. The van der Waals surface area contributed by atoms with Crippen molar-refractivity contribution in [1.29, 1.82) is 0 Å². The lowest BCUT2D eigenvalue weighted by Crippen LogP contribution is -2.54. The van der Waals surface area contributed by atoms with Gasteiger partial charge in [0.25, 0.3) is 0 Å². The number of carboxylic acid groups (broad SMARTS) is 1. The molecule has 1 saturated carbocycles. The van der Waals surface area contributed by atoms with E-state index in [0.717, 1.165) is 45.3 Å². The van der Waals surface area contributed by atoms with Crippen LogP contribution in [-0.4, -0.2) is 70.4 Å². The van der Waals surface area contributed by atoms with Gasteiger partial charge in [-0.25, -0.2) is 9.59 Å². The van der Waals surface area contributed by atoms with Crippen molar-refractivity contribution in [2.45, 2.75) is 84.1 Å². The summed E-state index contributed by atoms with van der Waals surface area (Å²) in [7, 11) is 0. The number of hydrogen-bond donors (Lipinski definition) is 1. The molecule has 2 fully saturated rings. The Balaban J connectivity index is 1.48. The molecule has 32 heavy (non-hydrogen) atoms. The van der Waals surface area contributed by atoms with Gasteiger partial charge >= 0.3 is 12.1 Å². The minimum atomic E-state index is -0.960. The summed E-state index contributed by atoms with van der Waals surface area (Å²) in [5.41, 5.74) is -0.246. The number of rotatable bonds is 7. The lowest BCUT2D eigenvalue weighted by atomic mass is 9.85. The minimum Gasteiger partial charge on any atom is -0.489 e. The topological polar surface area (TPSA) is 79.3 Å². The first kappa shape index (κ1) is 24.4. The summed E-state index contributed by atoms with van der Waals surface area (Å²) in [6, 6.07) is 7.71. The molecule has 0 radical (unpaired) electrons. The molecule has 2 aliphatic rings. The van der Waals surface area contributed by atoms with Crippen molar-refractivity contribution < 1.29 is 24.2 Å². The molecular formula is C25H38N2O5. The van der Waals surface area contributed by atoms with Gasteiger partial charge in [0, 0.05) is 44.6 Å². The quantitative estimate of drug-likeness (QED) is 0.657. The summed E-state index contributed by atoms with van der Waals surface area (Å²) >= 11 is 0. The van der Waals surface area contributed by atoms with Crippen LogP contribution in [0.5, 0.6) is 5.75 Å². The van der Waals surface area contributed by atoms with Gasteiger partial charge in [-0.05, 0) is 65.5 Å². The van der Waals surface area contributed by atoms with Crippen LogP contribution in [0, 0.1) is 5.92 Å². The Bertz CT molecular complexity index is 790. The first-order valence-corrected chi connectivity index (χ1v) is 11.8. The number of aromatic carboxylic acids is 1. The number of ether oxygens (including phenoxy) is 2. The second-order valence-electron chi connectivity index (χ2n) is 10.4. The van der Waals surface area contributed by atoms with Crippen LogP contribution in [0.3, 0.4) is 0 Å². The zero-order chi connectivity index (χ0) is 23.5. The molecule has 0 spiro atoms. The molecule has 1 aromatic carbocycles. The largest absolute Gasteiger partial charge is 0.489 e. The summed E-state index contributed by atoms with van der Waals surface area (Å²) in [4.78, 5) is 28.1. The molecule has 3 rings (SSSR count). The maximum Gasteiger partial charge on any atom is 0.410 e. The monoisotopic (exact) mass is 446 g/mol. The van der Waals surface area contributed by atoms with Gasteiger partial charge in [-0.3, -0.25) is 4.90 Å². The maximum atomic E-state index is 12.3. The van der Waals surface area contributed by atoms with Gasteiger partial charge in [-0.1, -0.05) is 12.1 Å². The number of benzene rings is 1. The van der Waals surface area contributed by atoms with Crippen LogP contribution >= 0.6 is 0 Å². The van der Waals surface area contributed by atoms with Crippen molar-refractivity contribution in [1.82, 2.24) is 9.80 Å². The van der Waals surface area contributed by atoms with E-state index in [2.05, 4.69) is 18.7 Å². The van der Waals surface area contributed by atoms with E-state index in [1.165, 1.54) is 0 Å². The fourth-order valence-electron chi connectivity index (χ4n) is 4.53. The molecule has 1 heterocycles. The van der Waals surface area contributed by atoms with Gasteiger partial charge in [0.15, 0.2) is 0 Å². The third-order valence-corrected chi connectivity index (χ3v) is 6.35. The van der Waals surface area contributed by atoms with Crippen molar-refractivity contribution in [3.05, 3.63) is 29.8 Å². The first-order valence-electron chi connectivity index (χ1n) is 11.8. The predicted octanol–water partition coefficient (Wildman–Crippen LogP) is 4.65. The van der Waals surface area contributed by atoms with Gasteiger partial charge in [0.2, 0.25) is 0 Å². The van der Waals surface area contributed by atoms with Crippen LogP contribution in [-0.2, 0) is 4.74 Å². The second kappa shape index (κ2) is 10.1. The van der Waals surface area contributed by atoms with E-state index in [1.807, 2.05) is 31.7 Å². The Kier molecular flexibility index (Phi) is 7.70. The molecule has 1 aromatic rings. The van der Waals surface area contributed by atoms with Crippen LogP contribution in [0.25, 0.3) is 0 Å². The van der Waals surface area contributed by atoms with Crippen LogP contribution in [0.4, 0.5) is 4.79 Å². The molecule has 0 aromatic heterocycles. The number of carbonyl (C=O) groups is 2. The molecule has 178 valence electrons. The van der Waals surface area contributed by atoms with Gasteiger partial charge < -0.3 is 19.5 Å². The molecule has 1 N–H and O–H groups in total. The van der Waals surface area contributed by atoms with Crippen LogP contribution in [0.2, 0.25) is 0 Å². The highest BCUT2D eigenvalue weighted by Gasteiger charge is 2.38. The van der Waals surface area contributed by atoms with E-state index in [0.29, 0.717) is 23.8 Å². The predicted molar refractivity (Wildman–Crippen MR) is 123 cm³/mol. The number of carboxylic acids is 1. The van der Waals surface area contributed by atoms with E-state index < -0.39 is 11.6 Å². The fraction of sp³-hybridized carbons (Fsp3) is 0.680. The highest BCUT2D eigenvalue weighted by atomic mass is 16.6. The van der Waals surface area contributed by atoms with E-state index in [4.69, 9.17) is 9.47 Å². The molecule has 0 atom stereocenters. The normalized spacial score (nSPS) is 22.0. The van der Waals surface area contributed by atoms with Crippen molar-refractivity contribution in [2.75, 3.05) is 19.6 Å². The van der Waals surface area contributed by atoms with E-state index in [-0.39, 0.29) is 17.8 Å². The van der Waals surface area contributed by atoms with Crippen LogP contribution < -0.4 is 4.74 Å². The summed E-state index contributed by atoms with van der Waals surface area (Å²) < 4.78 is 11.5. The summed E-state index contributed by atoms with van der Waals surface area (Å²) in [5.74, 6) is 0.0517. The van der Waals surface area contributed by atoms with Gasteiger partial charge in [0.1, 0.15) is 23.0 Å². The zero-order valence-corrected chi connectivity index (χ0v) is 20.0. The Hall–Kier alpha value is -2.28. The molecule has 1 aliphatic heterocycles. The van der Waals surface area contributed by atoms with Crippen molar-refractivity contribution in [3.8, 4) is 5.75 Å². The fourth-order valence-corrected chi connectivity index (χ4v) is 4.53. The number of hydrogen-bond acceptors (Lipinski definition) is 5. The van der Waals surface area contributed by atoms with E-state index in [1.54, 1.807) is 18.2 Å². The number of piperidine rings is 1. The average molecular weight is 447 g/mol. The van der Waals surface area contributed by atoms with Gasteiger partial charge in [-0.15, -0.1) is 0 Å². The number of likely N-dealkylation sites (tertiary alicyclic amines) is 1. The highest BCUT2D eigenvalue weighted by Crippen LogP contribution is 2.34. The Morgan fingerprint density at radius 1 is 1.16 bits per heavy atom. The number of nitrogens with zero attached hydrogens (tertiary/aromatic N) is 2. The SMILES string of the molecule is CC(C)N(CC1CCN(C(=O)OC(C)(C)C)CC1)C1CC(Oc2ccccc2C(=O)O)C1. The van der Waals surface area contributed by atoms with E-state index >= 15 is 0 Å². The second-order valence-corrected chi connectivity index (χ2v) is 10.4. The Morgan fingerprint density at radius 3 is 2.34 bits per heavy atom. The van der Waals surface area contributed by atoms with Crippen molar-refractivity contribution in [3.63, 3.8) is 0 Å². The molecule has 7 heteroatoms. The van der Waals surface area contributed by atoms with Gasteiger partial charge in [-0.2, -0.15) is 0 Å². The highest BCUT2D eigenvalue weighted by molar-refractivity contribution is 5.90. The van der Waals surface area contributed by atoms with E-state index in [9.17, 15) is 14.7 Å². The number of amides is 1. The first-order chi connectivity index (χ1) is 15.0. The summed E-state index contributed by atoms with van der Waals surface area (Å²) in [6.45, 7) is 12.6. The number of para-hydroxylation sites is 1. The van der Waals surface area contributed by atoms with Crippen molar-refractivity contribution in [2.24, 2.45) is 5.92 Å². The van der Waals surface area contributed by atoms with Crippen LogP contribution in [0.1, 0.15) is 70.7 Å². The maximum absolute atomic E-state index is 12.3. The minimum absolute atomic E-state index is 0.0516. The summed E-state index contributed by atoms with van der Waals surface area (Å²) in [5, 5.41) is 9.35. The molecule has 1 aliphatic carbocycles. The van der Waals surface area contributed by atoms with Crippen LogP contribution in [0.15, 0.2) is 24.3 Å². The molecular weight excluding hydrogens is 408 g/mol. The zero-order valence-electron chi connectivity index (χ0n) is 20.0. The van der Waals surface area contributed by atoms with Crippen molar-refractivity contribution >= 4 is 12.1 Å². The van der Waals surface area contributed by atoms with Gasteiger partial charge in [0.05, 0.1) is 0 Å². The molecule has 1 saturated heterocycles. The summed E-state index contributed by atoms with van der Waals surface area (Å²) in [6.07, 6.45) is 3.63. The third kappa shape index (κ3) is 6.37. The molecule has 0 unspecified atom stereocenters. The Labute approximate surface area is 191 Å².